The number of nitrogens with zero attached hydrogens (tertiary/aromatic N) is 2. The third-order valence-corrected chi connectivity index (χ3v) is 7.31. The van der Waals surface area contributed by atoms with Gasteiger partial charge in [-0.15, -0.1) is 11.3 Å². The molecule has 0 amide bonds. The molecule has 7 heteroatoms. The molecule has 2 fully saturated rings. The van der Waals surface area contributed by atoms with Crippen molar-refractivity contribution in [1.29, 1.82) is 0 Å². The number of hydrogen-bond donors (Lipinski definition) is 2. The molecule has 5 rings (SSSR count). The number of nitrogens with one attached hydrogen (secondary N) is 2. The second-order valence-electron chi connectivity index (χ2n) is 8.40. The molecule has 0 atom stereocenters. The Morgan fingerprint density at radius 3 is 2.77 bits per heavy atom. The number of ether oxygens (including phenoxy) is 2. The quantitative estimate of drug-likeness (QED) is 0.544. The van der Waals surface area contributed by atoms with E-state index in [9.17, 15) is 0 Å². The van der Waals surface area contributed by atoms with Crippen LogP contribution >= 0.6 is 11.3 Å². The summed E-state index contributed by atoms with van der Waals surface area (Å²) in [6.07, 6.45) is 4.62. The molecule has 0 spiro atoms. The number of thiophene rings is 1. The predicted octanol–water partition coefficient (Wildman–Crippen LogP) is 3.73. The van der Waals surface area contributed by atoms with Crippen LogP contribution in [-0.2, 0) is 5.41 Å². The minimum Gasteiger partial charge on any atom is -0.454 e. The highest BCUT2D eigenvalue weighted by Gasteiger charge is 2.44. The van der Waals surface area contributed by atoms with Gasteiger partial charge in [-0.05, 0) is 67.8 Å². The molecule has 160 valence electrons. The van der Waals surface area contributed by atoms with Crippen molar-refractivity contribution >= 4 is 22.3 Å². The van der Waals surface area contributed by atoms with Gasteiger partial charge in [-0.3, -0.25) is 4.99 Å². The fraction of sp³-hybridized carbons (Fsp3) is 0.522. The van der Waals surface area contributed by atoms with Gasteiger partial charge in [0.05, 0.1) is 11.5 Å². The summed E-state index contributed by atoms with van der Waals surface area (Å²) in [5.41, 5.74) is 1.46. The molecule has 3 aliphatic rings. The average molecular weight is 427 g/mol. The van der Waals surface area contributed by atoms with Gasteiger partial charge in [-0.1, -0.05) is 6.07 Å². The third-order valence-electron chi connectivity index (χ3n) is 6.38. The van der Waals surface area contributed by atoms with Gasteiger partial charge in [0.2, 0.25) is 6.79 Å². The number of benzene rings is 1. The molecule has 1 saturated heterocycles. The number of rotatable bonds is 6. The Hall–Kier alpha value is -2.41. The molecule has 0 bridgehead atoms. The summed E-state index contributed by atoms with van der Waals surface area (Å²) in [7, 11) is 0. The van der Waals surface area contributed by atoms with E-state index in [1.807, 2.05) is 17.4 Å². The van der Waals surface area contributed by atoms with E-state index in [2.05, 4.69) is 52.1 Å². The van der Waals surface area contributed by atoms with Crippen molar-refractivity contribution in [3.8, 4) is 11.5 Å². The number of anilines is 1. The number of guanidine groups is 1. The SMILES string of the molecule is CCNC(=NCC1(c2ccc3c(c2)OCO3)CC1)NC1CCN(c2cccs2)CC1. The molecule has 2 aliphatic heterocycles. The van der Waals surface area contributed by atoms with Crippen LogP contribution in [0.3, 0.4) is 0 Å². The average Bonchev–Trinajstić information content (AvgIpc) is 3.16. The summed E-state index contributed by atoms with van der Waals surface area (Å²) in [6, 6.07) is 11.2. The van der Waals surface area contributed by atoms with Crippen molar-refractivity contribution in [2.24, 2.45) is 4.99 Å². The molecular weight excluding hydrogens is 396 g/mol. The second-order valence-corrected chi connectivity index (χ2v) is 9.33. The Kier molecular flexibility index (Phi) is 5.46. The largest absolute Gasteiger partial charge is 0.454 e. The second kappa shape index (κ2) is 8.38. The van der Waals surface area contributed by atoms with Crippen molar-refractivity contribution < 1.29 is 9.47 Å². The van der Waals surface area contributed by atoms with E-state index >= 15 is 0 Å². The zero-order valence-electron chi connectivity index (χ0n) is 17.5. The van der Waals surface area contributed by atoms with Gasteiger partial charge >= 0.3 is 0 Å². The van der Waals surface area contributed by atoms with Crippen LogP contribution in [-0.4, -0.2) is 45.0 Å². The molecule has 3 heterocycles. The maximum absolute atomic E-state index is 5.58. The van der Waals surface area contributed by atoms with Crippen molar-refractivity contribution in [2.45, 2.75) is 44.1 Å². The summed E-state index contributed by atoms with van der Waals surface area (Å²) in [6.45, 7) is 6.31. The predicted molar refractivity (Wildman–Crippen MR) is 122 cm³/mol. The molecule has 0 unspecified atom stereocenters. The van der Waals surface area contributed by atoms with Gasteiger partial charge in [0.1, 0.15) is 0 Å². The van der Waals surface area contributed by atoms with Gasteiger partial charge in [-0.25, -0.2) is 0 Å². The van der Waals surface area contributed by atoms with Crippen LogP contribution in [0.25, 0.3) is 0 Å². The van der Waals surface area contributed by atoms with E-state index in [1.54, 1.807) is 0 Å². The summed E-state index contributed by atoms with van der Waals surface area (Å²) in [5, 5.41) is 10.7. The molecule has 1 aromatic carbocycles. The molecule has 2 N–H and O–H groups in total. The Morgan fingerprint density at radius 2 is 2.03 bits per heavy atom. The molecule has 1 aliphatic carbocycles. The molecule has 1 saturated carbocycles. The van der Waals surface area contributed by atoms with E-state index in [0.717, 1.165) is 56.5 Å². The van der Waals surface area contributed by atoms with E-state index in [-0.39, 0.29) is 5.41 Å². The van der Waals surface area contributed by atoms with Crippen molar-refractivity contribution in [3.05, 3.63) is 41.3 Å². The normalized spacial score (nSPS) is 20.3. The highest BCUT2D eigenvalue weighted by molar-refractivity contribution is 7.14. The van der Waals surface area contributed by atoms with Crippen LogP contribution in [0.4, 0.5) is 5.00 Å². The molecule has 2 aromatic rings. The van der Waals surface area contributed by atoms with Crippen molar-refractivity contribution in [1.82, 2.24) is 10.6 Å². The van der Waals surface area contributed by atoms with Crippen LogP contribution < -0.4 is 25.0 Å². The van der Waals surface area contributed by atoms with Gasteiger partial charge in [0, 0.05) is 31.1 Å². The van der Waals surface area contributed by atoms with Crippen LogP contribution in [0.5, 0.6) is 11.5 Å². The third kappa shape index (κ3) is 4.08. The van der Waals surface area contributed by atoms with Crippen molar-refractivity contribution in [2.75, 3.05) is 37.9 Å². The molecule has 1 aromatic heterocycles. The van der Waals surface area contributed by atoms with Gasteiger partial charge < -0.3 is 25.0 Å². The maximum atomic E-state index is 5.58. The molecule has 0 radical (unpaired) electrons. The standard InChI is InChI=1S/C23H30N4O2S/c1-2-24-22(26-18-7-11-27(12-8-18)21-4-3-13-30-21)25-15-23(9-10-23)17-5-6-19-20(14-17)29-16-28-19/h3-6,13-14,18H,2,7-12,15-16H2,1H3,(H2,24,25,26). The number of aliphatic imine (C=N–C) groups is 1. The number of fused-ring (bicyclic) bond motifs is 1. The summed E-state index contributed by atoms with van der Waals surface area (Å²) >= 11 is 1.83. The minimum absolute atomic E-state index is 0.145. The van der Waals surface area contributed by atoms with Gasteiger partial charge in [0.15, 0.2) is 17.5 Å². The first-order chi connectivity index (χ1) is 14.8. The Bertz CT molecular complexity index is 887. The number of piperidine rings is 1. The zero-order chi connectivity index (χ0) is 20.4. The van der Waals surface area contributed by atoms with Gasteiger partial charge in [-0.2, -0.15) is 0 Å². The smallest absolute Gasteiger partial charge is 0.231 e. The lowest BCUT2D eigenvalue weighted by atomic mass is 9.95. The fourth-order valence-electron chi connectivity index (χ4n) is 4.35. The lowest BCUT2D eigenvalue weighted by molar-refractivity contribution is 0.174. The Morgan fingerprint density at radius 1 is 1.20 bits per heavy atom. The number of hydrogen-bond acceptors (Lipinski definition) is 5. The highest BCUT2D eigenvalue weighted by Crippen LogP contribution is 2.50. The van der Waals surface area contributed by atoms with E-state index in [1.165, 1.54) is 23.4 Å². The summed E-state index contributed by atoms with van der Waals surface area (Å²) in [5.74, 6) is 2.66. The monoisotopic (exact) mass is 426 g/mol. The van der Waals surface area contributed by atoms with Crippen LogP contribution in [0, 0.1) is 0 Å². The summed E-state index contributed by atoms with van der Waals surface area (Å²) < 4.78 is 11.0. The van der Waals surface area contributed by atoms with E-state index in [0.29, 0.717) is 12.8 Å². The first kappa shape index (κ1) is 19.5. The maximum Gasteiger partial charge on any atom is 0.231 e. The molecular formula is C23H30N4O2S. The first-order valence-corrected chi connectivity index (χ1v) is 11.9. The Balaban J connectivity index is 1.21. The fourth-order valence-corrected chi connectivity index (χ4v) is 5.14. The van der Waals surface area contributed by atoms with E-state index < -0.39 is 0 Å². The molecule has 30 heavy (non-hydrogen) atoms. The highest BCUT2D eigenvalue weighted by atomic mass is 32.1. The van der Waals surface area contributed by atoms with Gasteiger partial charge in [0.25, 0.3) is 0 Å². The topological polar surface area (TPSA) is 58.1 Å². The molecule has 6 nitrogen and oxygen atoms in total. The Labute approximate surface area is 182 Å². The lowest BCUT2D eigenvalue weighted by Gasteiger charge is -2.33. The van der Waals surface area contributed by atoms with Crippen LogP contribution in [0.1, 0.15) is 38.2 Å². The van der Waals surface area contributed by atoms with Crippen LogP contribution in [0.15, 0.2) is 40.7 Å². The summed E-state index contributed by atoms with van der Waals surface area (Å²) in [4.78, 5) is 7.48. The zero-order valence-corrected chi connectivity index (χ0v) is 18.3. The first-order valence-electron chi connectivity index (χ1n) is 11.0. The lowest BCUT2D eigenvalue weighted by Crippen LogP contribution is -2.48. The van der Waals surface area contributed by atoms with Crippen LogP contribution in [0.2, 0.25) is 0 Å². The van der Waals surface area contributed by atoms with E-state index in [4.69, 9.17) is 14.5 Å². The van der Waals surface area contributed by atoms with Crippen molar-refractivity contribution in [3.63, 3.8) is 0 Å². The minimum atomic E-state index is 0.145.